The summed E-state index contributed by atoms with van der Waals surface area (Å²) in [4.78, 5) is 19.3. The van der Waals surface area contributed by atoms with Gasteiger partial charge in [-0.05, 0) is 49.1 Å². The van der Waals surface area contributed by atoms with Crippen LogP contribution in [0.5, 0.6) is 0 Å². The summed E-state index contributed by atoms with van der Waals surface area (Å²) in [5.74, 6) is 1.55. The molecule has 2 aliphatic carbocycles. The van der Waals surface area contributed by atoms with Crippen LogP contribution >= 0.6 is 0 Å². The first-order valence-corrected chi connectivity index (χ1v) is 8.77. The molecular formula is C19H24N2O2. The highest BCUT2D eigenvalue weighted by Gasteiger charge is 2.41. The van der Waals surface area contributed by atoms with Crippen molar-refractivity contribution >= 4 is 5.91 Å². The van der Waals surface area contributed by atoms with Gasteiger partial charge in [-0.3, -0.25) is 9.78 Å². The molecule has 1 saturated heterocycles. The van der Waals surface area contributed by atoms with E-state index in [-0.39, 0.29) is 12.0 Å². The van der Waals surface area contributed by atoms with Gasteiger partial charge in [-0.2, -0.15) is 0 Å². The number of hydrogen-bond donors (Lipinski definition) is 0. The number of rotatable bonds is 5. The topological polar surface area (TPSA) is 42.4 Å². The molecule has 2 fully saturated rings. The van der Waals surface area contributed by atoms with Gasteiger partial charge in [0.2, 0.25) is 5.91 Å². The van der Waals surface area contributed by atoms with E-state index in [1.54, 1.807) is 6.20 Å². The molecule has 1 amide bonds. The molecule has 0 radical (unpaired) electrons. The van der Waals surface area contributed by atoms with Crippen LogP contribution in [-0.4, -0.2) is 35.0 Å². The lowest BCUT2D eigenvalue weighted by atomic mass is 9.92. The second kappa shape index (κ2) is 6.44. The summed E-state index contributed by atoms with van der Waals surface area (Å²) in [6.07, 6.45) is 12.7. The normalized spacial score (nSPS) is 31.7. The van der Waals surface area contributed by atoms with Crippen molar-refractivity contribution < 1.29 is 9.53 Å². The van der Waals surface area contributed by atoms with E-state index in [1.807, 2.05) is 23.2 Å². The molecule has 2 heterocycles. The van der Waals surface area contributed by atoms with E-state index in [2.05, 4.69) is 17.1 Å². The van der Waals surface area contributed by atoms with Crippen LogP contribution < -0.4 is 0 Å². The molecule has 1 aromatic heterocycles. The maximum Gasteiger partial charge on any atom is 0.226 e. The molecule has 0 spiro atoms. The molecule has 0 aromatic carbocycles. The van der Waals surface area contributed by atoms with Crippen LogP contribution in [0.25, 0.3) is 0 Å². The van der Waals surface area contributed by atoms with E-state index in [4.69, 9.17) is 4.74 Å². The fraction of sp³-hybridized carbons (Fsp3) is 0.579. The molecule has 1 aliphatic heterocycles. The van der Waals surface area contributed by atoms with Gasteiger partial charge in [0.15, 0.2) is 0 Å². The van der Waals surface area contributed by atoms with Gasteiger partial charge in [0.05, 0.1) is 6.10 Å². The van der Waals surface area contributed by atoms with Crippen molar-refractivity contribution in [2.75, 3.05) is 13.2 Å². The van der Waals surface area contributed by atoms with Crippen LogP contribution in [0.2, 0.25) is 0 Å². The molecule has 1 saturated carbocycles. The van der Waals surface area contributed by atoms with Gasteiger partial charge in [-0.1, -0.05) is 18.2 Å². The summed E-state index contributed by atoms with van der Waals surface area (Å²) in [7, 11) is 0. The zero-order chi connectivity index (χ0) is 15.6. The van der Waals surface area contributed by atoms with Gasteiger partial charge in [0.25, 0.3) is 0 Å². The molecule has 1 aromatic rings. The monoisotopic (exact) mass is 312 g/mol. The third-order valence-electron chi connectivity index (χ3n) is 5.45. The largest absolute Gasteiger partial charge is 0.376 e. The van der Waals surface area contributed by atoms with Gasteiger partial charge in [-0.15, -0.1) is 0 Å². The first-order valence-electron chi connectivity index (χ1n) is 8.77. The minimum atomic E-state index is 0.170. The second-order valence-corrected chi connectivity index (χ2v) is 7.10. The average molecular weight is 312 g/mol. The zero-order valence-corrected chi connectivity index (χ0v) is 13.4. The SMILES string of the molecule is O=C([C@@H]1C[C@H]2C=C[C@H]1C2)N(Cc1cccnc1)C[C@H]1CCCO1. The number of ether oxygens (including phenoxy) is 1. The predicted molar refractivity (Wildman–Crippen MR) is 87.5 cm³/mol. The molecule has 122 valence electrons. The average Bonchev–Trinajstić information content (AvgIpc) is 3.32. The number of allylic oxidation sites excluding steroid dienone is 2. The molecule has 2 bridgehead atoms. The Hall–Kier alpha value is -1.68. The van der Waals surface area contributed by atoms with Crippen molar-refractivity contribution in [3.63, 3.8) is 0 Å². The lowest BCUT2D eigenvalue weighted by Gasteiger charge is -2.30. The Kier molecular flexibility index (Phi) is 4.17. The Balaban J connectivity index is 1.49. The number of hydrogen-bond acceptors (Lipinski definition) is 3. The maximum atomic E-state index is 13.1. The van der Waals surface area contributed by atoms with Crippen molar-refractivity contribution in [1.29, 1.82) is 0 Å². The zero-order valence-electron chi connectivity index (χ0n) is 13.4. The highest BCUT2D eigenvalue weighted by atomic mass is 16.5. The molecule has 4 nitrogen and oxygen atoms in total. The Bertz CT molecular complexity index is 580. The van der Waals surface area contributed by atoms with Gasteiger partial charge < -0.3 is 9.64 Å². The second-order valence-electron chi connectivity index (χ2n) is 7.10. The molecular weight excluding hydrogens is 288 g/mol. The van der Waals surface area contributed by atoms with Crippen molar-refractivity contribution in [3.8, 4) is 0 Å². The number of pyridine rings is 1. The van der Waals surface area contributed by atoms with E-state index in [1.165, 1.54) is 0 Å². The van der Waals surface area contributed by atoms with Crippen molar-refractivity contribution in [3.05, 3.63) is 42.2 Å². The molecule has 4 atom stereocenters. The number of amides is 1. The molecule has 3 aliphatic rings. The fourth-order valence-electron chi connectivity index (χ4n) is 4.28. The quantitative estimate of drug-likeness (QED) is 0.785. The summed E-state index contributed by atoms with van der Waals surface area (Å²) < 4.78 is 5.77. The van der Waals surface area contributed by atoms with Gasteiger partial charge in [-0.25, -0.2) is 0 Å². The third-order valence-corrected chi connectivity index (χ3v) is 5.45. The lowest BCUT2D eigenvalue weighted by Crippen LogP contribution is -2.41. The minimum Gasteiger partial charge on any atom is -0.376 e. The molecule has 4 rings (SSSR count). The molecule has 0 unspecified atom stereocenters. The molecule has 4 heteroatoms. The van der Waals surface area contributed by atoms with Gasteiger partial charge >= 0.3 is 0 Å². The third kappa shape index (κ3) is 3.18. The van der Waals surface area contributed by atoms with Crippen LogP contribution in [0.1, 0.15) is 31.2 Å². The van der Waals surface area contributed by atoms with E-state index in [9.17, 15) is 4.79 Å². The van der Waals surface area contributed by atoms with Crippen LogP contribution in [0, 0.1) is 17.8 Å². The van der Waals surface area contributed by atoms with Crippen molar-refractivity contribution in [2.24, 2.45) is 17.8 Å². The summed E-state index contributed by atoms with van der Waals surface area (Å²) in [6, 6.07) is 3.98. The predicted octanol–water partition coefficient (Wildman–Crippen LogP) is 2.80. The summed E-state index contributed by atoms with van der Waals surface area (Å²) in [5.41, 5.74) is 1.09. The van der Waals surface area contributed by atoms with E-state index < -0.39 is 0 Å². The number of nitrogens with zero attached hydrogens (tertiary/aromatic N) is 2. The van der Waals surface area contributed by atoms with Gasteiger partial charge in [0.1, 0.15) is 0 Å². The van der Waals surface area contributed by atoms with E-state index in [0.29, 0.717) is 30.8 Å². The molecule has 23 heavy (non-hydrogen) atoms. The number of fused-ring (bicyclic) bond motifs is 2. The lowest BCUT2D eigenvalue weighted by molar-refractivity contribution is -0.138. The summed E-state index contributed by atoms with van der Waals surface area (Å²) in [6.45, 7) is 2.19. The number of carbonyl (C=O) groups is 1. The fourth-order valence-corrected chi connectivity index (χ4v) is 4.28. The Morgan fingerprint density at radius 2 is 2.30 bits per heavy atom. The van der Waals surface area contributed by atoms with Crippen molar-refractivity contribution in [2.45, 2.75) is 38.3 Å². The minimum absolute atomic E-state index is 0.170. The van der Waals surface area contributed by atoms with Gasteiger partial charge in [0, 0.05) is 38.0 Å². The Morgan fingerprint density at radius 1 is 1.35 bits per heavy atom. The van der Waals surface area contributed by atoms with Crippen molar-refractivity contribution in [1.82, 2.24) is 9.88 Å². The van der Waals surface area contributed by atoms with E-state index >= 15 is 0 Å². The first kappa shape index (κ1) is 14.9. The molecule has 0 N–H and O–H groups in total. The summed E-state index contributed by atoms with van der Waals surface area (Å²) >= 11 is 0. The highest BCUT2D eigenvalue weighted by Crippen LogP contribution is 2.44. The Morgan fingerprint density at radius 3 is 2.96 bits per heavy atom. The summed E-state index contributed by atoms with van der Waals surface area (Å²) in [5, 5.41) is 0. The van der Waals surface area contributed by atoms with E-state index in [0.717, 1.165) is 37.9 Å². The van der Waals surface area contributed by atoms with Crippen LogP contribution in [0.4, 0.5) is 0 Å². The highest BCUT2D eigenvalue weighted by molar-refractivity contribution is 5.80. The number of carbonyl (C=O) groups excluding carboxylic acids is 1. The number of aromatic nitrogens is 1. The van der Waals surface area contributed by atoms with Crippen LogP contribution in [0.15, 0.2) is 36.7 Å². The maximum absolute atomic E-state index is 13.1. The van der Waals surface area contributed by atoms with Crippen LogP contribution in [-0.2, 0) is 16.1 Å². The van der Waals surface area contributed by atoms with Crippen LogP contribution in [0.3, 0.4) is 0 Å². The first-order chi connectivity index (χ1) is 11.3. The standard InChI is InChI=1S/C19H24N2O2/c22-19(18-10-14-5-6-16(18)9-14)21(13-17-4-2-8-23-17)12-15-3-1-7-20-11-15/h1,3,5-7,11,14,16-18H,2,4,8-10,12-13H2/t14-,16-,17+,18+/m0/s1. The smallest absolute Gasteiger partial charge is 0.226 e. The Labute approximate surface area is 137 Å².